The number of hydrogen-bond donors (Lipinski definition) is 2. The topological polar surface area (TPSA) is 85.8 Å². The molecule has 2 aliphatic rings. The van der Waals surface area contributed by atoms with Gasteiger partial charge in [-0.05, 0) is 48.5 Å². The van der Waals surface area contributed by atoms with Crippen molar-refractivity contribution in [2.24, 2.45) is 11.8 Å². The highest BCUT2D eigenvalue weighted by Gasteiger charge is 2.42. The summed E-state index contributed by atoms with van der Waals surface area (Å²) in [4.78, 5) is 12.4. The number of thioether (sulfide) groups is 1. The smallest absolute Gasteiger partial charge is 0.230 e. The van der Waals surface area contributed by atoms with Crippen LogP contribution >= 0.6 is 11.8 Å². The van der Waals surface area contributed by atoms with E-state index >= 15 is 0 Å². The predicted molar refractivity (Wildman–Crippen MR) is 112 cm³/mol. The lowest BCUT2D eigenvalue weighted by atomic mass is 9.87. The fourth-order valence-corrected chi connectivity index (χ4v) is 4.25. The molecule has 150 valence electrons. The van der Waals surface area contributed by atoms with Crippen molar-refractivity contribution in [1.29, 1.82) is 0 Å². The first-order chi connectivity index (χ1) is 13.3. The van der Waals surface area contributed by atoms with E-state index in [2.05, 4.69) is 48.4 Å². The number of benzene rings is 1. The summed E-state index contributed by atoms with van der Waals surface area (Å²) in [5.41, 5.74) is 2.27. The number of hydrogen-bond acceptors (Lipinski definition) is 5. The van der Waals surface area contributed by atoms with Crippen LogP contribution in [0.25, 0.3) is 11.4 Å². The van der Waals surface area contributed by atoms with Crippen LogP contribution < -0.4 is 11.2 Å². The molecule has 2 aromatic rings. The van der Waals surface area contributed by atoms with Crippen LogP contribution in [0.4, 0.5) is 0 Å². The quantitative estimate of drug-likeness (QED) is 0.551. The van der Waals surface area contributed by atoms with E-state index in [0.29, 0.717) is 34.6 Å². The number of nitrogens with zero attached hydrogens (tertiary/aromatic N) is 3. The molecule has 0 saturated heterocycles. The molecule has 1 heterocycles. The van der Waals surface area contributed by atoms with Gasteiger partial charge in [-0.3, -0.25) is 4.79 Å². The minimum absolute atomic E-state index is 0.0629. The lowest BCUT2D eigenvalue weighted by Crippen LogP contribution is -2.39. The molecule has 0 unspecified atom stereocenters. The van der Waals surface area contributed by atoms with Gasteiger partial charge in [0.25, 0.3) is 0 Å². The Labute approximate surface area is 170 Å². The van der Waals surface area contributed by atoms with E-state index in [9.17, 15) is 4.79 Å². The van der Waals surface area contributed by atoms with E-state index in [1.807, 2.05) is 12.1 Å². The van der Waals surface area contributed by atoms with Crippen molar-refractivity contribution < 1.29 is 4.79 Å². The van der Waals surface area contributed by atoms with E-state index < -0.39 is 0 Å². The van der Waals surface area contributed by atoms with Crippen LogP contribution in [0, 0.1) is 11.8 Å². The number of nitrogens with two attached hydrogens (primary N) is 1. The third-order valence-corrected chi connectivity index (χ3v) is 6.54. The molecule has 1 aromatic carbocycles. The summed E-state index contributed by atoms with van der Waals surface area (Å²) >= 11 is 1.34. The van der Waals surface area contributed by atoms with Gasteiger partial charge in [0.2, 0.25) is 11.1 Å². The Kier molecular flexibility index (Phi) is 5.12. The zero-order chi connectivity index (χ0) is 19.9. The third-order valence-electron chi connectivity index (χ3n) is 5.59. The fourth-order valence-electron chi connectivity index (χ4n) is 3.58. The minimum atomic E-state index is 0.0629. The van der Waals surface area contributed by atoms with Crippen LogP contribution in [0.15, 0.2) is 29.4 Å². The second-order valence-electron chi connectivity index (χ2n) is 9.06. The molecule has 2 aliphatic carbocycles. The number of nitrogen functional groups attached to an aromatic ring is 1. The van der Waals surface area contributed by atoms with Crippen LogP contribution in [0.1, 0.15) is 52.0 Å². The molecule has 0 spiro atoms. The Morgan fingerprint density at radius 1 is 1.18 bits per heavy atom. The highest BCUT2D eigenvalue weighted by Crippen LogP contribution is 2.44. The largest absolute Gasteiger partial charge is 0.352 e. The molecule has 0 bridgehead atoms. The zero-order valence-electron chi connectivity index (χ0n) is 16.8. The Balaban J connectivity index is 1.37. The maximum Gasteiger partial charge on any atom is 0.230 e. The summed E-state index contributed by atoms with van der Waals surface area (Å²) in [7, 11) is 0. The molecular weight excluding hydrogens is 370 g/mol. The second-order valence-corrected chi connectivity index (χ2v) is 10.0. The molecule has 1 amide bonds. The summed E-state index contributed by atoms with van der Waals surface area (Å²) in [6.07, 6.45) is 5.01. The van der Waals surface area contributed by atoms with Gasteiger partial charge < -0.3 is 11.2 Å². The molecule has 28 heavy (non-hydrogen) atoms. The summed E-state index contributed by atoms with van der Waals surface area (Å²) < 4.78 is 1.48. The number of rotatable bonds is 7. The number of aromatic nitrogens is 3. The highest BCUT2D eigenvalue weighted by molar-refractivity contribution is 7.99. The molecule has 3 N–H and O–H groups in total. The molecule has 0 radical (unpaired) electrons. The molecule has 0 atom stereocenters. The molecular formula is C21H29N5OS. The van der Waals surface area contributed by atoms with Gasteiger partial charge in [0.05, 0.1) is 5.75 Å². The number of amides is 1. The third kappa shape index (κ3) is 4.35. The highest BCUT2D eigenvalue weighted by atomic mass is 32.2. The van der Waals surface area contributed by atoms with Gasteiger partial charge >= 0.3 is 0 Å². The lowest BCUT2D eigenvalue weighted by Gasteiger charge is -2.19. The average molecular weight is 400 g/mol. The van der Waals surface area contributed by atoms with Crippen LogP contribution in [-0.4, -0.2) is 32.6 Å². The van der Waals surface area contributed by atoms with Gasteiger partial charge in [0.15, 0.2) is 5.82 Å². The Morgan fingerprint density at radius 2 is 1.79 bits per heavy atom. The van der Waals surface area contributed by atoms with Crippen molar-refractivity contribution in [1.82, 2.24) is 20.2 Å². The summed E-state index contributed by atoms with van der Waals surface area (Å²) in [6, 6.07) is 8.61. The van der Waals surface area contributed by atoms with Crippen molar-refractivity contribution in [3.05, 3.63) is 29.8 Å². The Morgan fingerprint density at radius 3 is 2.32 bits per heavy atom. The van der Waals surface area contributed by atoms with Crippen LogP contribution in [0.2, 0.25) is 0 Å². The van der Waals surface area contributed by atoms with Gasteiger partial charge in [0, 0.05) is 11.6 Å². The average Bonchev–Trinajstić information content (AvgIpc) is 3.56. The first kappa shape index (κ1) is 19.3. The number of carbonyl (C=O) groups is 1. The van der Waals surface area contributed by atoms with Gasteiger partial charge in [-0.25, -0.2) is 4.68 Å². The Hall–Kier alpha value is -2.02. The summed E-state index contributed by atoms with van der Waals surface area (Å²) in [5.74, 6) is 8.58. The van der Waals surface area contributed by atoms with Crippen LogP contribution in [0.3, 0.4) is 0 Å². The van der Waals surface area contributed by atoms with E-state index in [4.69, 9.17) is 5.84 Å². The van der Waals surface area contributed by atoms with Gasteiger partial charge in [-0.1, -0.05) is 56.8 Å². The molecule has 4 rings (SSSR count). The van der Waals surface area contributed by atoms with Gasteiger partial charge in [0.1, 0.15) is 0 Å². The maximum atomic E-state index is 12.4. The Bertz CT molecular complexity index is 835. The van der Waals surface area contributed by atoms with E-state index in [1.165, 1.54) is 47.7 Å². The molecule has 2 fully saturated rings. The van der Waals surface area contributed by atoms with Crippen LogP contribution in [0.5, 0.6) is 0 Å². The van der Waals surface area contributed by atoms with E-state index in [1.54, 1.807) is 0 Å². The molecule has 6 nitrogen and oxygen atoms in total. The van der Waals surface area contributed by atoms with Gasteiger partial charge in [-0.2, -0.15) is 0 Å². The second kappa shape index (κ2) is 7.43. The summed E-state index contributed by atoms with van der Waals surface area (Å²) in [5, 5.41) is 12.2. The van der Waals surface area contributed by atoms with E-state index in [-0.39, 0.29) is 11.3 Å². The summed E-state index contributed by atoms with van der Waals surface area (Å²) in [6.45, 7) is 6.55. The molecule has 1 aromatic heterocycles. The van der Waals surface area contributed by atoms with Crippen molar-refractivity contribution in [2.45, 2.75) is 63.1 Å². The first-order valence-electron chi connectivity index (χ1n) is 10.1. The maximum absolute atomic E-state index is 12.4. The van der Waals surface area contributed by atoms with Crippen molar-refractivity contribution in [2.75, 3.05) is 11.6 Å². The van der Waals surface area contributed by atoms with Crippen molar-refractivity contribution in [3.63, 3.8) is 0 Å². The SMILES string of the molecule is CC(C)(C)c1ccc(-c2nnc(SCC(=O)NC(C3CC3)C3CC3)n2N)cc1. The monoisotopic (exact) mass is 399 g/mol. The molecule has 7 heteroatoms. The predicted octanol–water partition coefficient (Wildman–Crippen LogP) is 3.35. The normalized spacial score (nSPS) is 17.1. The number of nitrogens with one attached hydrogen (secondary N) is 1. The zero-order valence-corrected chi connectivity index (χ0v) is 17.6. The van der Waals surface area contributed by atoms with E-state index in [0.717, 1.165) is 5.56 Å². The standard InChI is InChI=1S/C21H29N5OS/c1-21(2,3)16-10-8-15(9-11-16)19-24-25-20(26(19)22)28-12-17(27)23-18(13-4-5-13)14-6-7-14/h8-11,13-14,18H,4-7,12,22H2,1-3H3,(H,23,27). The molecule has 0 aliphatic heterocycles. The number of carbonyl (C=O) groups excluding carboxylic acids is 1. The first-order valence-corrected chi connectivity index (χ1v) is 11.0. The van der Waals surface area contributed by atoms with Crippen molar-refractivity contribution >= 4 is 17.7 Å². The fraction of sp³-hybridized carbons (Fsp3) is 0.571. The van der Waals surface area contributed by atoms with Crippen LogP contribution in [-0.2, 0) is 10.2 Å². The minimum Gasteiger partial charge on any atom is -0.352 e. The van der Waals surface area contributed by atoms with Gasteiger partial charge in [-0.15, -0.1) is 10.2 Å². The lowest BCUT2D eigenvalue weighted by molar-refractivity contribution is -0.119. The molecule has 2 saturated carbocycles. The van der Waals surface area contributed by atoms with Crippen molar-refractivity contribution in [3.8, 4) is 11.4 Å².